The van der Waals surface area contributed by atoms with Crippen molar-refractivity contribution in [1.29, 1.82) is 5.26 Å². The Morgan fingerprint density at radius 3 is 2.50 bits per heavy atom. The second-order valence-electron chi connectivity index (χ2n) is 5.60. The fourth-order valence-corrected chi connectivity index (χ4v) is 2.81. The van der Waals surface area contributed by atoms with Crippen LogP contribution in [0.15, 0.2) is 18.2 Å². The lowest BCUT2D eigenvalue weighted by Gasteiger charge is -2.18. The summed E-state index contributed by atoms with van der Waals surface area (Å²) < 4.78 is 0. The molecule has 2 fully saturated rings. The highest BCUT2D eigenvalue weighted by atomic mass is 14.9. The van der Waals surface area contributed by atoms with Crippen molar-refractivity contribution in [3.8, 4) is 6.07 Å². The van der Waals surface area contributed by atoms with Crippen molar-refractivity contribution in [2.45, 2.75) is 25.7 Å². The minimum Gasteiger partial charge on any atom is -0.396 e. The minimum absolute atomic E-state index is 0.564. The van der Waals surface area contributed by atoms with Gasteiger partial charge in [-0.2, -0.15) is 5.26 Å². The van der Waals surface area contributed by atoms with Crippen LogP contribution in [0.25, 0.3) is 0 Å². The first-order valence-corrected chi connectivity index (χ1v) is 6.82. The van der Waals surface area contributed by atoms with Crippen molar-refractivity contribution >= 4 is 11.4 Å². The molecule has 0 radical (unpaired) electrons. The van der Waals surface area contributed by atoms with Gasteiger partial charge in [-0.05, 0) is 55.6 Å². The Hall–Kier alpha value is -1.69. The Kier molecular flexibility index (Phi) is 2.87. The number of hydrogen-bond donors (Lipinski definition) is 2. The number of nitrogens with one attached hydrogen (secondary N) is 1. The number of rotatable bonds is 5. The fourth-order valence-electron chi connectivity index (χ4n) is 2.81. The molecule has 1 aromatic rings. The summed E-state index contributed by atoms with van der Waals surface area (Å²) in [7, 11) is 0. The van der Waals surface area contributed by atoms with Crippen LogP contribution in [0.4, 0.5) is 11.4 Å². The Morgan fingerprint density at radius 2 is 1.94 bits per heavy atom. The van der Waals surface area contributed by atoms with Gasteiger partial charge in [0.25, 0.3) is 0 Å². The van der Waals surface area contributed by atoms with Crippen molar-refractivity contribution in [3.63, 3.8) is 0 Å². The number of nitrogens with zero attached hydrogens (tertiary/aromatic N) is 1. The van der Waals surface area contributed by atoms with Crippen LogP contribution in [0.1, 0.15) is 31.2 Å². The van der Waals surface area contributed by atoms with Crippen molar-refractivity contribution in [2.24, 2.45) is 17.8 Å². The summed E-state index contributed by atoms with van der Waals surface area (Å²) in [6, 6.07) is 7.75. The maximum Gasteiger partial charge on any atom is 0.101 e. The van der Waals surface area contributed by atoms with E-state index in [1.165, 1.54) is 25.7 Å². The molecule has 0 spiro atoms. The number of benzene rings is 1. The van der Waals surface area contributed by atoms with Crippen LogP contribution in [0.2, 0.25) is 0 Å². The molecular weight excluding hydrogens is 222 g/mol. The largest absolute Gasteiger partial charge is 0.396 e. The summed E-state index contributed by atoms with van der Waals surface area (Å²) in [6.07, 6.45) is 5.60. The molecule has 0 heterocycles. The van der Waals surface area contributed by atoms with Crippen molar-refractivity contribution in [1.82, 2.24) is 0 Å². The highest BCUT2D eigenvalue weighted by Gasteiger charge is 2.41. The SMILES string of the molecule is N#Cc1cccc(NCC(C2CC2)C2CC2)c1N. The molecule has 3 rings (SSSR count). The van der Waals surface area contributed by atoms with Gasteiger partial charge in [0.1, 0.15) is 6.07 Å². The Morgan fingerprint density at radius 1 is 1.28 bits per heavy atom. The van der Waals surface area contributed by atoms with Crippen molar-refractivity contribution in [3.05, 3.63) is 23.8 Å². The molecule has 2 aliphatic carbocycles. The second kappa shape index (κ2) is 4.53. The molecule has 3 heteroatoms. The van der Waals surface area contributed by atoms with Gasteiger partial charge in [-0.3, -0.25) is 0 Å². The predicted molar refractivity (Wildman–Crippen MR) is 73.0 cm³/mol. The van der Waals surface area contributed by atoms with Gasteiger partial charge in [0.05, 0.1) is 16.9 Å². The lowest BCUT2D eigenvalue weighted by molar-refractivity contribution is 0.428. The van der Waals surface area contributed by atoms with E-state index in [9.17, 15) is 0 Å². The second-order valence-corrected chi connectivity index (χ2v) is 5.60. The lowest BCUT2D eigenvalue weighted by Crippen LogP contribution is -2.19. The molecule has 0 bridgehead atoms. The third-order valence-corrected chi connectivity index (χ3v) is 4.21. The summed E-state index contributed by atoms with van der Waals surface area (Å²) in [5, 5.41) is 12.4. The molecule has 0 amide bonds. The minimum atomic E-state index is 0.564. The topological polar surface area (TPSA) is 61.8 Å². The van der Waals surface area contributed by atoms with Crippen molar-refractivity contribution in [2.75, 3.05) is 17.6 Å². The van der Waals surface area contributed by atoms with Gasteiger partial charge in [-0.15, -0.1) is 0 Å². The zero-order valence-electron chi connectivity index (χ0n) is 10.5. The third kappa shape index (κ3) is 2.28. The van der Waals surface area contributed by atoms with Crippen LogP contribution >= 0.6 is 0 Å². The quantitative estimate of drug-likeness (QED) is 0.779. The van der Waals surface area contributed by atoms with Crippen LogP contribution in [-0.2, 0) is 0 Å². The lowest BCUT2D eigenvalue weighted by atomic mass is 9.98. The number of anilines is 2. The standard InChI is InChI=1S/C15H19N3/c16-8-12-2-1-3-14(15(12)17)18-9-13(10-4-5-10)11-6-7-11/h1-3,10-11,13,18H,4-7,9,17H2. The van der Waals surface area contributed by atoms with E-state index in [4.69, 9.17) is 11.0 Å². The Labute approximate surface area is 108 Å². The molecular formula is C15H19N3. The summed E-state index contributed by atoms with van der Waals surface area (Å²) >= 11 is 0. The Bertz CT molecular complexity index is 469. The zero-order valence-corrected chi connectivity index (χ0v) is 10.5. The fraction of sp³-hybridized carbons (Fsp3) is 0.533. The molecule has 0 unspecified atom stereocenters. The summed E-state index contributed by atoms with van der Waals surface area (Å²) in [6.45, 7) is 1.01. The van der Waals surface area contributed by atoms with Gasteiger partial charge in [-0.25, -0.2) is 0 Å². The molecule has 94 valence electrons. The average Bonchev–Trinajstić information content (AvgIpc) is 3.25. The maximum absolute atomic E-state index is 8.96. The van der Waals surface area contributed by atoms with Gasteiger partial charge >= 0.3 is 0 Å². The molecule has 0 aliphatic heterocycles. The van der Waals surface area contributed by atoms with Crippen LogP contribution in [-0.4, -0.2) is 6.54 Å². The van der Waals surface area contributed by atoms with E-state index in [1.807, 2.05) is 12.1 Å². The van der Waals surface area contributed by atoms with Crippen LogP contribution in [0, 0.1) is 29.1 Å². The predicted octanol–water partition coefficient (Wildman–Crippen LogP) is 2.99. The third-order valence-electron chi connectivity index (χ3n) is 4.21. The monoisotopic (exact) mass is 241 g/mol. The molecule has 3 N–H and O–H groups in total. The summed E-state index contributed by atoms with van der Waals surface area (Å²) in [5.41, 5.74) is 8.05. The maximum atomic E-state index is 8.96. The van der Waals surface area contributed by atoms with Gasteiger partial charge in [0, 0.05) is 6.54 Å². The highest BCUT2D eigenvalue weighted by Crippen LogP contribution is 2.49. The summed E-state index contributed by atoms with van der Waals surface area (Å²) in [5.74, 6) is 2.69. The van der Waals surface area contributed by atoms with E-state index in [0.717, 1.165) is 30.0 Å². The number of hydrogen-bond acceptors (Lipinski definition) is 3. The first-order chi connectivity index (χ1) is 8.79. The van der Waals surface area contributed by atoms with Crippen LogP contribution < -0.4 is 11.1 Å². The number of nitrogens with two attached hydrogens (primary N) is 1. The molecule has 0 saturated heterocycles. The highest BCUT2D eigenvalue weighted by molar-refractivity contribution is 5.72. The number of nitriles is 1. The zero-order chi connectivity index (χ0) is 12.5. The molecule has 0 aromatic heterocycles. The van der Waals surface area contributed by atoms with E-state index in [2.05, 4.69) is 11.4 Å². The number of para-hydroxylation sites is 1. The van der Waals surface area contributed by atoms with Gasteiger partial charge in [-0.1, -0.05) is 6.07 Å². The normalized spacial score (nSPS) is 18.7. The molecule has 2 saturated carbocycles. The molecule has 1 aromatic carbocycles. The number of nitrogen functional groups attached to an aromatic ring is 1. The first kappa shape index (κ1) is 11.4. The van der Waals surface area contributed by atoms with E-state index < -0.39 is 0 Å². The average molecular weight is 241 g/mol. The summed E-state index contributed by atoms with van der Waals surface area (Å²) in [4.78, 5) is 0. The molecule has 0 atom stereocenters. The van der Waals surface area contributed by atoms with E-state index in [1.54, 1.807) is 6.07 Å². The van der Waals surface area contributed by atoms with Crippen LogP contribution in [0.5, 0.6) is 0 Å². The molecule has 3 nitrogen and oxygen atoms in total. The molecule has 18 heavy (non-hydrogen) atoms. The van der Waals surface area contributed by atoms with Gasteiger partial charge < -0.3 is 11.1 Å². The van der Waals surface area contributed by atoms with Crippen molar-refractivity contribution < 1.29 is 0 Å². The van der Waals surface area contributed by atoms with E-state index in [0.29, 0.717) is 11.3 Å². The Balaban J connectivity index is 1.67. The van der Waals surface area contributed by atoms with Gasteiger partial charge in [0.2, 0.25) is 0 Å². The first-order valence-electron chi connectivity index (χ1n) is 6.82. The van der Waals surface area contributed by atoms with E-state index in [-0.39, 0.29) is 0 Å². The van der Waals surface area contributed by atoms with Crippen LogP contribution in [0.3, 0.4) is 0 Å². The smallest absolute Gasteiger partial charge is 0.101 e. The molecule has 2 aliphatic rings. The van der Waals surface area contributed by atoms with E-state index >= 15 is 0 Å². The van der Waals surface area contributed by atoms with Gasteiger partial charge in [0.15, 0.2) is 0 Å².